The first-order chi connectivity index (χ1) is 7.13. The highest BCUT2D eigenvalue weighted by Gasteiger charge is 2.27. The van der Waals surface area contributed by atoms with Crippen LogP contribution in [0.4, 0.5) is 5.82 Å². The Morgan fingerprint density at radius 1 is 1.60 bits per heavy atom. The van der Waals surface area contributed by atoms with E-state index in [0.717, 1.165) is 17.5 Å². The van der Waals surface area contributed by atoms with E-state index >= 15 is 0 Å². The highest BCUT2D eigenvalue weighted by molar-refractivity contribution is 5.41. The van der Waals surface area contributed by atoms with Crippen molar-refractivity contribution in [1.82, 2.24) is 9.55 Å². The molecule has 0 radical (unpaired) electrons. The molecule has 1 unspecified atom stereocenters. The topological polar surface area (TPSA) is 84.1 Å². The summed E-state index contributed by atoms with van der Waals surface area (Å²) in [6.45, 7) is 1.38. The van der Waals surface area contributed by atoms with Gasteiger partial charge in [0.2, 0.25) is 0 Å². The van der Waals surface area contributed by atoms with Crippen molar-refractivity contribution >= 4 is 5.82 Å². The summed E-state index contributed by atoms with van der Waals surface area (Å²) in [4.78, 5) is 27.3. The van der Waals surface area contributed by atoms with Crippen LogP contribution >= 0.6 is 0 Å². The van der Waals surface area contributed by atoms with Gasteiger partial charge >= 0.3 is 5.69 Å². The molecular formula is C9H14N4O2. The van der Waals surface area contributed by atoms with Crippen molar-refractivity contribution in [2.75, 3.05) is 18.0 Å². The first-order valence-corrected chi connectivity index (χ1v) is 4.90. The van der Waals surface area contributed by atoms with Crippen LogP contribution in [0, 0.1) is 0 Å². The number of H-pyrrole nitrogens is 1. The van der Waals surface area contributed by atoms with E-state index < -0.39 is 0 Å². The van der Waals surface area contributed by atoms with E-state index in [2.05, 4.69) is 4.98 Å². The second kappa shape index (κ2) is 3.54. The summed E-state index contributed by atoms with van der Waals surface area (Å²) in [5.41, 5.74) is 4.87. The molecule has 1 atom stereocenters. The molecule has 1 aliphatic rings. The average Bonchev–Trinajstić information content (AvgIpc) is 2.13. The Bertz CT molecular complexity index is 442. The van der Waals surface area contributed by atoms with Gasteiger partial charge in [0.05, 0.1) is 0 Å². The highest BCUT2D eigenvalue weighted by Crippen LogP contribution is 2.21. The number of nitrogens with two attached hydrogens (primary N) is 1. The monoisotopic (exact) mass is 210 g/mol. The maximum atomic E-state index is 11.4. The van der Waals surface area contributed by atoms with Gasteiger partial charge in [-0.2, -0.15) is 0 Å². The third-order valence-electron chi connectivity index (χ3n) is 2.86. The summed E-state index contributed by atoms with van der Waals surface area (Å²) in [5.74, 6) is 0.574. The minimum Gasteiger partial charge on any atom is -0.353 e. The smallest absolute Gasteiger partial charge is 0.329 e. The Morgan fingerprint density at radius 3 is 2.80 bits per heavy atom. The molecule has 3 N–H and O–H groups in total. The van der Waals surface area contributed by atoms with Gasteiger partial charge in [-0.15, -0.1) is 0 Å². The van der Waals surface area contributed by atoms with Crippen LogP contribution in [0.5, 0.6) is 0 Å². The van der Waals surface area contributed by atoms with Gasteiger partial charge in [-0.1, -0.05) is 0 Å². The number of anilines is 1. The molecule has 1 saturated heterocycles. The molecule has 1 aliphatic heterocycles. The fourth-order valence-electron chi connectivity index (χ4n) is 1.70. The summed E-state index contributed by atoms with van der Waals surface area (Å²) < 4.78 is 1.04. The zero-order chi connectivity index (χ0) is 11.0. The zero-order valence-electron chi connectivity index (χ0n) is 8.56. The van der Waals surface area contributed by atoms with E-state index in [1.54, 1.807) is 0 Å². The van der Waals surface area contributed by atoms with Crippen LogP contribution in [-0.4, -0.2) is 28.7 Å². The third-order valence-corrected chi connectivity index (χ3v) is 2.86. The van der Waals surface area contributed by atoms with Crippen LogP contribution in [0.1, 0.15) is 6.42 Å². The fourth-order valence-corrected chi connectivity index (χ4v) is 1.70. The van der Waals surface area contributed by atoms with Crippen LogP contribution < -0.4 is 21.9 Å². The molecule has 0 bridgehead atoms. The predicted molar refractivity (Wildman–Crippen MR) is 57.1 cm³/mol. The molecule has 0 aromatic carbocycles. The average molecular weight is 210 g/mol. The Labute approximate surface area is 86.3 Å². The van der Waals surface area contributed by atoms with Crippen molar-refractivity contribution in [3.8, 4) is 0 Å². The number of aromatic nitrogens is 2. The molecule has 6 heteroatoms. The van der Waals surface area contributed by atoms with Gasteiger partial charge in [0.25, 0.3) is 5.56 Å². The number of rotatable bonds is 2. The van der Waals surface area contributed by atoms with Crippen LogP contribution in [0.3, 0.4) is 0 Å². The molecule has 1 aromatic rings. The van der Waals surface area contributed by atoms with Gasteiger partial charge in [-0.25, -0.2) is 4.79 Å². The van der Waals surface area contributed by atoms with E-state index in [-0.39, 0.29) is 17.3 Å². The van der Waals surface area contributed by atoms with Gasteiger partial charge in [0.1, 0.15) is 5.82 Å². The first kappa shape index (κ1) is 9.97. The summed E-state index contributed by atoms with van der Waals surface area (Å²) >= 11 is 0. The minimum absolute atomic E-state index is 0.243. The lowest BCUT2D eigenvalue weighted by Gasteiger charge is -2.41. The number of nitrogens with one attached hydrogen (secondary N) is 1. The van der Waals surface area contributed by atoms with Gasteiger partial charge in [-0.05, 0) is 6.42 Å². The van der Waals surface area contributed by atoms with Crippen molar-refractivity contribution < 1.29 is 0 Å². The summed E-state index contributed by atoms with van der Waals surface area (Å²) in [5, 5.41) is 0. The van der Waals surface area contributed by atoms with Crippen molar-refractivity contribution in [1.29, 1.82) is 0 Å². The maximum Gasteiger partial charge on any atom is 0.329 e. The van der Waals surface area contributed by atoms with Gasteiger partial charge in [0.15, 0.2) is 0 Å². The largest absolute Gasteiger partial charge is 0.353 e. The molecule has 1 fully saturated rings. The van der Waals surface area contributed by atoms with E-state index in [9.17, 15) is 9.59 Å². The molecular weight excluding hydrogens is 196 g/mol. The van der Waals surface area contributed by atoms with Crippen molar-refractivity contribution in [2.24, 2.45) is 12.8 Å². The summed E-state index contributed by atoms with van der Waals surface area (Å²) in [7, 11) is 1.45. The quantitative estimate of drug-likeness (QED) is 0.629. The SMILES string of the molecule is Cn1c(=O)cc(N2CCC2CN)[nH]c1=O. The van der Waals surface area contributed by atoms with E-state index in [1.165, 1.54) is 13.1 Å². The van der Waals surface area contributed by atoms with Gasteiger partial charge in [0, 0.05) is 32.2 Å². The van der Waals surface area contributed by atoms with Crippen LogP contribution in [-0.2, 0) is 7.05 Å². The standard InChI is InChI=1S/C9H14N4O2/c1-12-8(14)4-7(11-9(12)15)13-3-2-6(13)5-10/h4,6H,2-3,5,10H2,1H3,(H,11,15). The lowest BCUT2D eigenvalue weighted by molar-refractivity contribution is 0.450. The summed E-state index contributed by atoms with van der Waals surface area (Å²) in [6, 6.07) is 1.68. The van der Waals surface area contributed by atoms with Crippen molar-refractivity contribution in [2.45, 2.75) is 12.5 Å². The van der Waals surface area contributed by atoms with E-state index in [4.69, 9.17) is 5.73 Å². The molecule has 2 heterocycles. The number of nitrogens with zero attached hydrogens (tertiary/aromatic N) is 2. The highest BCUT2D eigenvalue weighted by atomic mass is 16.2. The lowest BCUT2D eigenvalue weighted by atomic mass is 10.0. The summed E-state index contributed by atoms with van der Waals surface area (Å²) in [6.07, 6.45) is 1.01. The molecule has 82 valence electrons. The normalized spacial score (nSPS) is 20.1. The molecule has 1 aromatic heterocycles. The van der Waals surface area contributed by atoms with E-state index in [0.29, 0.717) is 12.4 Å². The lowest BCUT2D eigenvalue weighted by Crippen LogP contribution is -2.53. The first-order valence-electron chi connectivity index (χ1n) is 4.90. The molecule has 2 rings (SSSR count). The fraction of sp³-hybridized carbons (Fsp3) is 0.556. The van der Waals surface area contributed by atoms with Crippen LogP contribution in [0.15, 0.2) is 15.7 Å². The Kier molecular flexibility index (Phi) is 2.36. The van der Waals surface area contributed by atoms with Crippen LogP contribution in [0.25, 0.3) is 0 Å². The third kappa shape index (κ3) is 1.56. The second-order valence-electron chi connectivity index (χ2n) is 3.73. The Morgan fingerprint density at radius 2 is 2.33 bits per heavy atom. The second-order valence-corrected chi connectivity index (χ2v) is 3.73. The molecule has 15 heavy (non-hydrogen) atoms. The Hall–Kier alpha value is -1.56. The van der Waals surface area contributed by atoms with Crippen molar-refractivity contribution in [3.05, 3.63) is 26.9 Å². The maximum absolute atomic E-state index is 11.4. The van der Waals surface area contributed by atoms with Crippen LogP contribution in [0.2, 0.25) is 0 Å². The van der Waals surface area contributed by atoms with E-state index in [1.807, 2.05) is 4.90 Å². The van der Waals surface area contributed by atoms with Gasteiger partial charge in [-0.3, -0.25) is 14.3 Å². The molecule has 0 aliphatic carbocycles. The number of hydrogen-bond donors (Lipinski definition) is 2. The van der Waals surface area contributed by atoms with Crippen molar-refractivity contribution in [3.63, 3.8) is 0 Å². The number of aromatic amines is 1. The minimum atomic E-state index is -0.389. The Balaban J connectivity index is 2.38. The molecule has 6 nitrogen and oxygen atoms in total. The molecule has 0 saturated carbocycles. The number of hydrogen-bond acceptors (Lipinski definition) is 4. The zero-order valence-corrected chi connectivity index (χ0v) is 8.56. The van der Waals surface area contributed by atoms with Gasteiger partial charge < -0.3 is 10.6 Å². The molecule has 0 spiro atoms. The molecule has 0 amide bonds. The predicted octanol–water partition coefficient (Wildman–Crippen LogP) is -1.39.